The average molecular weight is 311 g/mol. The normalized spacial score (nSPS) is 18.4. The van der Waals surface area contributed by atoms with Crippen molar-refractivity contribution in [3.63, 3.8) is 0 Å². The molecule has 1 aliphatic rings. The van der Waals surface area contributed by atoms with Gasteiger partial charge in [0.15, 0.2) is 0 Å². The molecule has 22 heavy (non-hydrogen) atoms. The Morgan fingerprint density at radius 2 is 1.91 bits per heavy atom. The van der Waals surface area contributed by atoms with Gasteiger partial charge in [0.25, 0.3) is 0 Å². The molecule has 3 rings (SSSR count). The maximum atomic E-state index is 11.9. The fraction of sp³-hybridized carbons (Fsp3) is 0.167. The molecular weight excluding hydrogens is 294 g/mol. The third-order valence-electron chi connectivity index (χ3n) is 3.36. The van der Waals surface area contributed by atoms with Gasteiger partial charge in [0.2, 0.25) is 0 Å². The van der Waals surface area contributed by atoms with Gasteiger partial charge in [-0.25, -0.2) is 4.79 Å². The lowest BCUT2D eigenvalue weighted by Crippen LogP contribution is -2.15. The van der Waals surface area contributed by atoms with Gasteiger partial charge in [-0.1, -0.05) is 42.5 Å². The summed E-state index contributed by atoms with van der Waals surface area (Å²) in [4.78, 5) is 13.0. The summed E-state index contributed by atoms with van der Waals surface area (Å²) in [6.07, 6.45) is 1.56. The predicted molar refractivity (Wildman–Crippen MR) is 89.8 cm³/mol. The molecule has 0 bridgehead atoms. The maximum absolute atomic E-state index is 11.9. The smallest absolute Gasteiger partial charge is 0.332 e. The third kappa shape index (κ3) is 3.17. The molecule has 1 atom stereocenters. The Kier molecular flexibility index (Phi) is 4.49. The molecule has 0 aliphatic carbocycles. The quantitative estimate of drug-likeness (QED) is 0.674. The highest BCUT2D eigenvalue weighted by molar-refractivity contribution is 8.00. The summed E-state index contributed by atoms with van der Waals surface area (Å²) >= 11 is 1.74. The minimum atomic E-state index is -0.314. The fourth-order valence-electron chi connectivity index (χ4n) is 2.38. The highest BCUT2D eigenvalue weighted by Gasteiger charge is 2.25. The number of thioether (sulfide) groups is 1. The van der Waals surface area contributed by atoms with Crippen LogP contribution >= 0.6 is 11.8 Å². The van der Waals surface area contributed by atoms with Crippen LogP contribution in [0.4, 0.5) is 5.69 Å². The molecule has 0 fully saturated rings. The van der Waals surface area contributed by atoms with Crippen molar-refractivity contribution in [2.45, 2.75) is 17.1 Å². The summed E-state index contributed by atoms with van der Waals surface area (Å²) in [6.45, 7) is 2.19. The zero-order valence-electron chi connectivity index (χ0n) is 12.3. The van der Waals surface area contributed by atoms with E-state index in [0.29, 0.717) is 6.61 Å². The maximum Gasteiger partial charge on any atom is 0.332 e. The second-order valence-corrected chi connectivity index (χ2v) is 6.03. The van der Waals surface area contributed by atoms with Crippen molar-refractivity contribution in [3.8, 4) is 0 Å². The van der Waals surface area contributed by atoms with Gasteiger partial charge in [-0.05, 0) is 24.6 Å². The number of hydrogen-bond donors (Lipinski definition) is 1. The van der Waals surface area contributed by atoms with Crippen molar-refractivity contribution < 1.29 is 9.53 Å². The Bertz CT molecular complexity index is 697. The average Bonchev–Trinajstić information content (AvgIpc) is 2.55. The van der Waals surface area contributed by atoms with Crippen LogP contribution in [0.5, 0.6) is 0 Å². The van der Waals surface area contributed by atoms with Gasteiger partial charge in [0, 0.05) is 16.7 Å². The Morgan fingerprint density at radius 1 is 1.18 bits per heavy atom. The Hall–Kier alpha value is -2.20. The van der Waals surface area contributed by atoms with Crippen molar-refractivity contribution in [1.82, 2.24) is 0 Å². The van der Waals surface area contributed by atoms with Gasteiger partial charge in [-0.2, -0.15) is 0 Å². The zero-order valence-corrected chi connectivity index (χ0v) is 13.1. The second kappa shape index (κ2) is 6.71. The molecule has 0 saturated heterocycles. The fourth-order valence-corrected chi connectivity index (χ4v) is 3.59. The van der Waals surface area contributed by atoms with Crippen LogP contribution in [0.25, 0.3) is 0 Å². The number of rotatable bonds is 3. The number of carbonyl (C=O) groups excluding carboxylic acids is 1. The number of anilines is 1. The molecule has 3 nitrogen and oxygen atoms in total. The van der Waals surface area contributed by atoms with E-state index < -0.39 is 0 Å². The molecule has 0 aromatic heterocycles. The number of ether oxygens (including phenoxy) is 1. The molecule has 0 saturated carbocycles. The molecule has 1 unspecified atom stereocenters. The van der Waals surface area contributed by atoms with Gasteiger partial charge in [-0.3, -0.25) is 0 Å². The summed E-state index contributed by atoms with van der Waals surface area (Å²) in [6, 6.07) is 18.3. The lowest BCUT2D eigenvalue weighted by Gasteiger charge is -2.28. The first-order valence-corrected chi connectivity index (χ1v) is 8.12. The number of carbonyl (C=O) groups is 1. The van der Waals surface area contributed by atoms with Crippen LogP contribution in [0.3, 0.4) is 0 Å². The second-order valence-electron chi connectivity index (χ2n) is 4.88. The number of benzene rings is 2. The molecule has 4 heteroatoms. The standard InChI is InChI=1S/C18H17NO2S/c1-2-21-17(20)12-15-18(13-8-4-3-5-9-13)22-16-11-7-6-10-14(16)19-15/h3-12,18-19H,2H2,1H3/b15-12+. The van der Waals surface area contributed by atoms with Gasteiger partial charge >= 0.3 is 5.97 Å². The van der Waals surface area contributed by atoms with Gasteiger partial charge in [-0.15, -0.1) is 11.8 Å². The van der Waals surface area contributed by atoms with Crippen LogP contribution < -0.4 is 5.32 Å². The molecule has 112 valence electrons. The summed E-state index contributed by atoms with van der Waals surface area (Å²) in [5, 5.41) is 3.43. The van der Waals surface area contributed by atoms with E-state index in [9.17, 15) is 4.79 Å². The largest absolute Gasteiger partial charge is 0.463 e. The molecule has 0 radical (unpaired) electrons. The zero-order chi connectivity index (χ0) is 15.4. The van der Waals surface area contributed by atoms with Gasteiger partial charge in [0.1, 0.15) is 0 Å². The monoisotopic (exact) mass is 311 g/mol. The first-order valence-electron chi connectivity index (χ1n) is 7.24. The van der Waals surface area contributed by atoms with E-state index in [1.807, 2.05) is 43.3 Å². The molecule has 0 amide bonds. The van der Waals surface area contributed by atoms with Crippen LogP contribution in [0.1, 0.15) is 17.7 Å². The molecule has 2 aromatic rings. The topological polar surface area (TPSA) is 38.3 Å². The van der Waals surface area contributed by atoms with E-state index in [1.165, 1.54) is 4.90 Å². The number of para-hydroxylation sites is 1. The number of esters is 1. The van der Waals surface area contributed by atoms with Crippen molar-refractivity contribution in [3.05, 3.63) is 71.9 Å². The summed E-state index contributed by atoms with van der Waals surface area (Å²) in [5.74, 6) is -0.314. The Morgan fingerprint density at radius 3 is 2.68 bits per heavy atom. The molecule has 1 heterocycles. The minimum Gasteiger partial charge on any atom is -0.463 e. The van der Waals surface area contributed by atoms with E-state index >= 15 is 0 Å². The van der Waals surface area contributed by atoms with Crippen molar-refractivity contribution in [2.75, 3.05) is 11.9 Å². The van der Waals surface area contributed by atoms with Crippen LogP contribution in [0.2, 0.25) is 0 Å². The first-order chi connectivity index (χ1) is 10.8. The highest BCUT2D eigenvalue weighted by Crippen LogP contribution is 2.47. The first kappa shape index (κ1) is 14.7. The number of fused-ring (bicyclic) bond motifs is 1. The number of hydrogen-bond acceptors (Lipinski definition) is 4. The summed E-state index contributed by atoms with van der Waals surface area (Å²) in [7, 11) is 0. The highest BCUT2D eigenvalue weighted by atomic mass is 32.2. The predicted octanol–water partition coefficient (Wildman–Crippen LogP) is 4.39. The third-order valence-corrected chi connectivity index (χ3v) is 4.73. The molecule has 1 N–H and O–H groups in total. The van der Waals surface area contributed by atoms with E-state index in [4.69, 9.17) is 4.74 Å². The van der Waals surface area contributed by atoms with E-state index in [1.54, 1.807) is 17.8 Å². The van der Waals surface area contributed by atoms with Crippen molar-refractivity contribution in [2.24, 2.45) is 0 Å². The lowest BCUT2D eigenvalue weighted by atomic mass is 10.1. The van der Waals surface area contributed by atoms with Crippen molar-refractivity contribution >= 4 is 23.4 Å². The van der Waals surface area contributed by atoms with Crippen LogP contribution in [-0.2, 0) is 9.53 Å². The lowest BCUT2D eigenvalue weighted by molar-refractivity contribution is -0.137. The Labute approximate surface area is 134 Å². The van der Waals surface area contributed by atoms with Crippen LogP contribution in [0, 0.1) is 0 Å². The van der Waals surface area contributed by atoms with Crippen LogP contribution in [0.15, 0.2) is 71.3 Å². The molecular formula is C18H17NO2S. The van der Waals surface area contributed by atoms with Crippen molar-refractivity contribution in [1.29, 1.82) is 0 Å². The Balaban J connectivity index is 1.99. The number of nitrogens with one attached hydrogen (secondary N) is 1. The van der Waals surface area contributed by atoms with Crippen LogP contribution in [-0.4, -0.2) is 12.6 Å². The van der Waals surface area contributed by atoms with E-state index in [0.717, 1.165) is 16.9 Å². The molecule has 1 aliphatic heterocycles. The van der Waals surface area contributed by atoms with E-state index in [-0.39, 0.29) is 11.2 Å². The molecule has 2 aromatic carbocycles. The van der Waals surface area contributed by atoms with E-state index in [2.05, 4.69) is 23.5 Å². The summed E-state index contributed by atoms with van der Waals surface area (Å²) < 4.78 is 5.05. The van der Waals surface area contributed by atoms with Gasteiger partial charge < -0.3 is 10.1 Å². The summed E-state index contributed by atoms with van der Waals surface area (Å²) in [5.41, 5.74) is 3.04. The SMILES string of the molecule is CCOC(=O)/C=C1/Nc2ccccc2SC1c1ccccc1. The molecule has 0 spiro atoms. The van der Waals surface area contributed by atoms with Gasteiger partial charge in [0.05, 0.1) is 17.5 Å². The minimum absolute atomic E-state index is 0.0560.